The third-order valence-corrected chi connectivity index (χ3v) is 1.78. The zero-order chi connectivity index (χ0) is 9.42. The number of aromatic carboxylic acids is 1. The van der Waals surface area contributed by atoms with Gasteiger partial charge in [0.25, 0.3) is 0 Å². The highest BCUT2D eigenvalue weighted by Crippen LogP contribution is 2.18. The van der Waals surface area contributed by atoms with Gasteiger partial charge in [0.15, 0.2) is 5.82 Å². The van der Waals surface area contributed by atoms with Crippen molar-refractivity contribution >= 4 is 16.9 Å². The maximum Gasteiger partial charge on any atom is 0.337 e. The van der Waals surface area contributed by atoms with E-state index in [4.69, 9.17) is 5.11 Å². The molecule has 4 nitrogen and oxygen atoms in total. The normalized spacial score (nSPS) is 10.5. The third-order valence-electron chi connectivity index (χ3n) is 1.78. The minimum absolute atomic E-state index is 0.0296. The lowest BCUT2D eigenvalue weighted by atomic mass is 10.2. The van der Waals surface area contributed by atoms with Gasteiger partial charge in [-0.05, 0) is 0 Å². The molecule has 0 radical (unpaired) electrons. The van der Waals surface area contributed by atoms with Gasteiger partial charge in [-0.2, -0.15) is 0 Å². The maximum atomic E-state index is 13.0. The molecule has 0 unspecified atom stereocenters. The minimum Gasteiger partial charge on any atom is -0.478 e. The van der Waals surface area contributed by atoms with Gasteiger partial charge in [-0.15, -0.1) is 0 Å². The molecule has 0 saturated carbocycles. The fourth-order valence-corrected chi connectivity index (χ4v) is 1.18. The quantitative estimate of drug-likeness (QED) is 0.697. The Kier molecular flexibility index (Phi) is 1.51. The summed E-state index contributed by atoms with van der Waals surface area (Å²) in [5, 5.41) is 8.98. The van der Waals surface area contributed by atoms with Gasteiger partial charge in [0.2, 0.25) is 0 Å². The smallest absolute Gasteiger partial charge is 0.337 e. The molecule has 0 atom stereocenters. The summed E-state index contributed by atoms with van der Waals surface area (Å²) in [6.45, 7) is 0. The number of carboxylic acid groups (broad SMARTS) is 1. The Bertz CT molecular complexity index is 478. The van der Waals surface area contributed by atoms with Crippen LogP contribution in [-0.2, 0) is 0 Å². The number of halogens is 1. The lowest BCUT2D eigenvalue weighted by Crippen LogP contribution is -1.93. The Hall–Kier alpha value is -1.91. The number of fused-ring (bicyclic) bond motifs is 1. The van der Waals surface area contributed by atoms with E-state index in [-0.39, 0.29) is 16.5 Å². The van der Waals surface area contributed by atoms with Crippen LogP contribution in [0.15, 0.2) is 18.6 Å². The molecular formula is C8H5FN2O2. The summed E-state index contributed by atoms with van der Waals surface area (Å²) >= 11 is 0. The number of carboxylic acids is 1. The number of pyridine rings is 1. The predicted octanol–water partition coefficient (Wildman–Crippen LogP) is 1.40. The standard InChI is InChI=1S/C8H5FN2O2/c9-6-3-10-1-4-5(8(12)13)2-11-7(4)6/h1-3,11H,(H,12,13). The predicted molar refractivity (Wildman–Crippen MR) is 43.0 cm³/mol. The lowest BCUT2D eigenvalue weighted by Gasteiger charge is -1.91. The number of nitrogens with one attached hydrogen (secondary N) is 1. The SMILES string of the molecule is O=C(O)c1c[nH]c2c(F)cncc12. The summed E-state index contributed by atoms with van der Waals surface area (Å²) < 4.78 is 13.0. The molecule has 0 amide bonds. The minimum atomic E-state index is -1.10. The van der Waals surface area contributed by atoms with Crippen LogP contribution >= 0.6 is 0 Å². The molecule has 0 aliphatic heterocycles. The molecule has 2 heterocycles. The topological polar surface area (TPSA) is 66.0 Å². The fourth-order valence-electron chi connectivity index (χ4n) is 1.18. The van der Waals surface area contributed by atoms with Crippen molar-refractivity contribution in [2.75, 3.05) is 0 Å². The second kappa shape index (κ2) is 2.55. The van der Waals surface area contributed by atoms with Crippen LogP contribution in [0.2, 0.25) is 0 Å². The van der Waals surface area contributed by atoms with Crippen LogP contribution in [0, 0.1) is 5.82 Å². The number of hydrogen-bond donors (Lipinski definition) is 2. The summed E-state index contributed by atoms with van der Waals surface area (Å²) in [6.07, 6.45) is 3.60. The van der Waals surface area contributed by atoms with Crippen LogP contribution in [0.3, 0.4) is 0 Å². The highest BCUT2D eigenvalue weighted by Gasteiger charge is 2.12. The van der Waals surface area contributed by atoms with E-state index in [0.717, 1.165) is 6.20 Å². The van der Waals surface area contributed by atoms with E-state index in [2.05, 4.69) is 9.97 Å². The van der Waals surface area contributed by atoms with Gasteiger partial charge in [0, 0.05) is 17.8 Å². The molecule has 13 heavy (non-hydrogen) atoms. The highest BCUT2D eigenvalue weighted by molar-refractivity contribution is 6.02. The van der Waals surface area contributed by atoms with Gasteiger partial charge in [0.1, 0.15) is 0 Å². The molecule has 66 valence electrons. The van der Waals surface area contributed by atoms with Crippen molar-refractivity contribution in [1.29, 1.82) is 0 Å². The molecule has 2 aromatic heterocycles. The van der Waals surface area contributed by atoms with E-state index in [1.54, 1.807) is 0 Å². The average molecular weight is 180 g/mol. The van der Waals surface area contributed by atoms with Crippen molar-refractivity contribution in [1.82, 2.24) is 9.97 Å². The summed E-state index contributed by atoms with van der Waals surface area (Å²) in [5.41, 5.74) is 0.203. The van der Waals surface area contributed by atoms with Gasteiger partial charge in [-0.1, -0.05) is 0 Å². The van der Waals surface area contributed by atoms with E-state index in [9.17, 15) is 9.18 Å². The van der Waals surface area contributed by atoms with E-state index in [1.165, 1.54) is 12.4 Å². The molecule has 0 aliphatic rings. The van der Waals surface area contributed by atoms with Gasteiger partial charge >= 0.3 is 5.97 Å². The number of aromatic nitrogens is 2. The van der Waals surface area contributed by atoms with E-state index < -0.39 is 11.8 Å². The third kappa shape index (κ3) is 1.05. The van der Waals surface area contributed by atoms with Crippen LogP contribution in [-0.4, -0.2) is 21.0 Å². The van der Waals surface area contributed by atoms with Crippen molar-refractivity contribution in [2.45, 2.75) is 0 Å². The molecule has 2 N–H and O–H groups in total. The summed E-state index contributed by atoms with van der Waals surface area (Å²) in [4.78, 5) is 16.7. The van der Waals surface area contributed by atoms with Gasteiger partial charge in [0.05, 0.1) is 17.3 Å². The van der Waals surface area contributed by atoms with E-state index in [0.29, 0.717) is 0 Å². The zero-order valence-corrected chi connectivity index (χ0v) is 6.41. The summed E-state index contributed by atoms with van der Waals surface area (Å²) in [7, 11) is 0. The molecule has 2 aromatic rings. The lowest BCUT2D eigenvalue weighted by molar-refractivity contribution is 0.0699. The summed E-state index contributed by atoms with van der Waals surface area (Å²) in [6, 6.07) is 0. The van der Waals surface area contributed by atoms with E-state index in [1.807, 2.05) is 0 Å². The Balaban J connectivity index is 2.83. The Morgan fingerprint density at radius 3 is 3.00 bits per heavy atom. The number of H-pyrrole nitrogens is 1. The average Bonchev–Trinajstić information content (AvgIpc) is 2.48. The molecule has 0 aliphatic carbocycles. The molecule has 5 heteroatoms. The molecule has 0 aromatic carbocycles. The van der Waals surface area contributed by atoms with Crippen LogP contribution in [0.1, 0.15) is 10.4 Å². The number of aromatic amines is 1. The Labute approximate surface area is 72.0 Å². The molecule has 2 rings (SSSR count). The largest absolute Gasteiger partial charge is 0.478 e. The number of hydrogen-bond acceptors (Lipinski definition) is 2. The monoisotopic (exact) mass is 180 g/mol. The highest BCUT2D eigenvalue weighted by atomic mass is 19.1. The maximum absolute atomic E-state index is 13.0. The van der Waals surface area contributed by atoms with Crippen molar-refractivity contribution in [2.24, 2.45) is 0 Å². The van der Waals surface area contributed by atoms with Crippen molar-refractivity contribution < 1.29 is 14.3 Å². The van der Waals surface area contributed by atoms with Gasteiger partial charge in [-0.3, -0.25) is 4.98 Å². The summed E-state index contributed by atoms with van der Waals surface area (Å²) in [5.74, 6) is -1.65. The second-order valence-electron chi connectivity index (χ2n) is 2.55. The second-order valence-corrected chi connectivity index (χ2v) is 2.55. The van der Waals surface area contributed by atoms with Crippen molar-refractivity contribution in [3.05, 3.63) is 30.0 Å². The number of carbonyl (C=O) groups is 1. The zero-order valence-electron chi connectivity index (χ0n) is 6.41. The number of nitrogens with zero attached hydrogens (tertiary/aromatic N) is 1. The van der Waals surface area contributed by atoms with Crippen LogP contribution in [0.25, 0.3) is 10.9 Å². The molecular weight excluding hydrogens is 175 g/mol. The molecule has 0 fully saturated rings. The Morgan fingerprint density at radius 1 is 1.54 bits per heavy atom. The first kappa shape index (κ1) is 7.72. The first-order valence-corrected chi connectivity index (χ1v) is 3.54. The van der Waals surface area contributed by atoms with Crippen LogP contribution in [0.5, 0.6) is 0 Å². The number of rotatable bonds is 1. The first-order chi connectivity index (χ1) is 6.20. The van der Waals surface area contributed by atoms with Crippen molar-refractivity contribution in [3.8, 4) is 0 Å². The van der Waals surface area contributed by atoms with E-state index >= 15 is 0 Å². The fraction of sp³-hybridized carbons (Fsp3) is 0. The molecule has 0 spiro atoms. The molecule has 0 saturated heterocycles. The van der Waals surface area contributed by atoms with Crippen LogP contribution < -0.4 is 0 Å². The van der Waals surface area contributed by atoms with Gasteiger partial charge < -0.3 is 10.1 Å². The van der Waals surface area contributed by atoms with Gasteiger partial charge in [-0.25, -0.2) is 9.18 Å². The Morgan fingerprint density at radius 2 is 2.31 bits per heavy atom. The van der Waals surface area contributed by atoms with Crippen LogP contribution in [0.4, 0.5) is 4.39 Å². The van der Waals surface area contributed by atoms with Crippen molar-refractivity contribution in [3.63, 3.8) is 0 Å². The first-order valence-electron chi connectivity index (χ1n) is 3.54. The molecule has 0 bridgehead atoms.